The first-order chi connectivity index (χ1) is 15.0. The standard InChI is InChI=1S/C24H23BrN2O3S/c1-2-14-29-22-13-8-18(15-21(22)25)23(28)27-24(31)26-19-9-11-20(12-10-19)30-16-17-6-4-3-5-7-17/h3-13,15H,2,14,16H2,1H3,(H2,26,27,28,31). The van der Waals surface area contributed by atoms with E-state index in [9.17, 15) is 4.79 Å². The van der Waals surface area contributed by atoms with E-state index in [-0.39, 0.29) is 11.0 Å². The maximum Gasteiger partial charge on any atom is 0.257 e. The highest BCUT2D eigenvalue weighted by atomic mass is 79.9. The Bertz CT molecular complexity index is 1030. The Kier molecular flexibility index (Phi) is 8.44. The Hall–Kier alpha value is -2.90. The highest BCUT2D eigenvalue weighted by molar-refractivity contribution is 9.10. The number of thiocarbonyl (C=S) groups is 1. The van der Waals surface area contributed by atoms with Crippen LogP contribution < -0.4 is 20.1 Å². The smallest absolute Gasteiger partial charge is 0.257 e. The maximum atomic E-state index is 12.5. The summed E-state index contributed by atoms with van der Waals surface area (Å²) in [7, 11) is 0. The number of rotatable bonds is 8. The largest absolute Gasteiger partial charge is 0.492 e. The lowest BCUT2D eigenvalue weighted by molar-refractivity contribution is 0.0977. The lowest BCUT2D eigenvalue weighted by Crippen LogP contribution is -2.34. The molecule has 3 aromatic rings. The zero-order valence-corrected chi connectivity index (χ0v) is 19.5. The minimum absolute atomic E-state index is 0.213. The normalized spacial score (nSPS) is 10.3. The van der Waals surface area contributed by atoms with E-state index in [1.165, 1.54) is 0 Å². The molecule has 0 aliphatic heterocycles. The van der Waals surface area contributed by atoms with Gasteiger partial charge in [-0.15, -0.1) is 0 Å². The molecule has 0 aliphatic carbocycles. The van der Waals surface area contributed by atoms with E-state index >= 15 is 0 Å². The Morgan fingerprint density at radius 3 is 2.42 bits per heavy atom. The number of hydrogen-bond acceptors (Lipinski definition) is 4. The van der Waals surface area contributed by atoms with Gasteiger partial charge >= 0.3 is 0 Å². The van der Waals surface area contributed by atoms with Gasteiger partial charge in [-0.1, -0.05) is 37.3 Å². The van der Waals surface area contributed by atoms with E-state index in [2.05, 4.69) is 26.6 Å². The predicted octanol–water partition coefficient (Wildman–Crippen LogP) is 5.94. The Labute approximate surface area is 195 Å². The van der Waals surface area contributed by atoms with Gasteiger partial charge in [-0.05, 0) is 82.6 Å². The molecule has 0 aromatic heterocycles. The molecule has 0 bridgehead atoms. The van der Waals surface area contributed by atoms with Crippen LogP contribution in [0.25, 0.3) is 0 Å². The molecule has 0 aliphatic rings. The summed E-state index contributed by atoms with van der Waals surface area (Å²) in [6, 6.07) is 22.5. The topological polar surface area (TPSA) is 59.6 Å². The molecule has 7 heteroatoms. The number of ether oxygens (including phenoxy) is 2. The molecule has 0 saturated heterocycles. The molecule has 31 heavy (non-hydrogen) atoms. The third-order valence-corrected chi connectivity index (χ3v) is 5.07. The molecule has 0 heterocycles. The summed E-state index contributed by atoms with van der Waals surface area (Å²) in [5.74, 6) is 1.15. The van der Waals surface area contributed by atoms with Crippen LogP contribution in [0.4, 0.5) is 5.69 Å². The van der Waals surface area contributed by atoms with Crippen LogP contribution in [0, 0.1) is 0 Å². The monoisotopic (exact) mass is 498 g/mol. The number of benzene rings is 3. The van der Waals surface area contributed by atoms with Crippen molar-refractivity contribution in [3.05, 3.63) is 88.4 Å². The van der Waals surface area contributed by atoms with Gasteiger partial charge in [0.1, 0.15) is 18.1 Å². The number of carbonyl (C=O) groups is 1. The summed E-state index contributed by atoms with van der Waals surface area (Å²) in [5, 5.41) is 5.90. The van der Waals surface area contributed by atoms with Gasteiger partial charge in [0.05, 0.1) is 11.1 Å². The minimum Gasteiger partial charge on any atom is -0.492 e. The van der Waals surface area contributed by atoms with Gasteiger partial charge in [-0.3, -0.25) is 10.1 Å². The third-order valence-electron chi connectivity index (χ3n) is 4.24. The lowest BCUT2D eigenvalue weighted by atomic mass is 10.2. The van der Waals surface area contributed by atoms with Crippen molar-refractivity contribution >= 4 is 44.9 Å². The van der Waals surface area contributed by atoms with Gasteiger partial charge < -0.3 is 14.8 Å². The Morgan fingerprint density at radius 2 is 1.74 bits per heavy atom. The molecule has 160 valence electrons. The molecule has 2 N–H and O–H groups in total. The fraction of sp³-hybridized carbons (Fsp3) is 0.167. The van der Waals surface area contributed by atoms with Crippen LogP contribution in [-0.2, 0) is 6.61 Å². The lowest BCUT2D eigenvalue weighted by Gasteiger charge is -2.12. The number of halogens is 1. The van der Waals surface area contributed by atoms with Gasteiger partial charge in [0.25, 0.3) is 5.91 Å². The van der Waals surface area contributed by atoms with E-state index in [0.29, 0.717) is 24.5 Å². The second kappa shape index (κ2) is 11.5. The maximum absolute atomic E-state index is 12.5. The Balaban J connectivity index is 1.50. The highest BCUT2D eigenvalue weighted by Gasteiger charge is 2.11. The molecule has 0 radical (unpaired) electrons. The first-order valence-corrected chi connectivity index (χ1v) is 11.1. The summed E-state index contributed by atoms with van der Waals surface area (Å²) in [4.78, 5) is 12.5. The van der Waals surface area contributed by atoms with Crippen molar-refractivity contribution in [1.82, 2.24) is 5.32 Å². The second-order valence-corrected chi connectivity index (χ2v) is 7.96. The SMILES string of the molecule is CCCOc1ccc(C(=O)NC(=S)Nc2ccc(OCc3ccccc3)cc2)cc1Br. The summed E-state index contributed by atoms with van der Waals surface area (Å²) in [5.41, 5.74) is 2.33. The molecular weight excluding hydrogens is 476 g/mol. The van der Waals surface area contributed by atoms with Crippen molar-refractivity contribution in [2.45, 2.75) is 20.0 Å². The van der Waals surface area contributed by atoms with Gasteiger partial charge in [0.15, 0.2) is 5.11 Å². The molecule has 0 saturated carbocycles. The second-order valence-electron chi connectivity index (χ2n) is 6.70. The van der Waals surface area contributed by atoms with Crippen LogP contribution in [0.5, 0.6) is 11.5 Å². The zero-order chi connectivity index (χ0) is 22.1. The van der Waals surface area contributed by atoms with Crippen LogP contribution in [0.15, 0.2) is 77.3 Å². The predicted molar refractivity (Wildman–Crippen MR) is 131 cm³/mol. The quantitative estimate of drug-likeness (QED) is 0.376. The number of amides is 1. The fourth-order valence-electron chi connectivity index (χ4n) is 2.68. The summed E-state index contributed by atoms with van der Waals surface area (Å²) in [6.45, 7) is 3.16. The summed E-state index contributed by atoms with van der Waals surface area (Å²) < 4.78 is 12.1. The summed E-state index contributed by atoms with van der Waals surface area (Å²) >= 11 is 8.70. The van der Waals surface area contributed by atoms with Crippen molar-refractivity contribution in [3.63, 3.8) is 0 Å². The van der Waals surface area contributed by atoms with Gasteiger partial charge in [0, 0.05) is 11.3 Å². The fourth-order valence-corrected chi connectivity index (χ4v) is 3.39. The highest BCUT2D eigenvalue weighted by Crippen LogP contribution is 2.26. The molecular formula is C24H23BrN2O3S. The molecule has 0 fully saturated rings. The number of hydrogen-bond donors (Lipinski definition) is 2. The van der Waals surface area contributed by atoms with Crippen LogP contribution in [0.2, 0.25) is 0 Å². The van der Waals surface area contributed by atoms with Crippen LogP contribution in [-0.4, -0.2) is 17.6 Å². The summed E-state index contributed by atoms with van der Waals surface area (Å²) in [6.07, 6.45) is 0.911. The van der Waals surface area contributed by atoms with Gasteiger partial charge in [-0.2, -0.15) is 0 Å². The minimum atomic E-state index is -0.303. The number of carbonyl (C=O) groups excluding carboxylic acids is 1. The average Bonchev–Trinajstić information content (AvgIpc) is 2.78. The van der Waals surface area contributed by atoms with Crippen molar-refractivity contribution in [2.24, 2.45) is 0 Å². The van der Waals surface area contributed by atoms with Gasteiger partial charge in [-0.25, -0.2) is 0 Å². The molecule has 5 nitrogen and oxygen atoms in total. The molecule has 3 rings (SSSR count). The number of anilines is 1. The van der Waals surface area contributed by atoms with Crippen LogP contribution in [0.1, 0.15) is 29.3 Å². The Morgan fingerprint density at radius 1 is 1.00 bits per heavy atom. The van der Waals surface area contributed by atoms with Crippen LogP contribution in [0.3, 0.4) is 0 Å². The van der Waals surface area contributed by atoms with Crippen LogP contribution >= 0.6 is 28.1 Å². The average molecular weight is 499 g/mol. The van der Waals surface area contributed by atoms with Crippen molar-refractivity contribution in [2.75, 3.05) is 11.9 Å². The van der Waals surface area contributed by atoms with Crippen molar-refractivity contribution in [1.29, 1.82) is 0 Å². The zero-order valence-electron chi connectivity index (χ0n) is 17.1. The van der Waals surface area contributed by atoms with Crippen molar-refractivity contribution < 1.29 is 14.3 Å². The third kappa shape index (κ3) is 7.08. The first kappa shape index (κ1) is 22.8. The molecule has 1 amide bonds. The van der Waals surface area contributed by atoms with Crippen molar-refractivity contribution in [3.8, 4) is 11.5 Å². The van der Waals surface area contributed by atoms with E-state index in [1.54, 1.807) is 18.2 Å². The van der Waals surface area contributed by atoms with E-state index in [0.717, 1.165) is 27.9 Å². The first-order valence-electron chi connectivity index (χ1n) is 9.86. The van der Waals surface area contributed by atoms with E-state index in [1.807, 2.05) is 61.5 Å². The molecule has 3 aromatic carbocycles. The molecule has 0 atom stereocenters. The van der Waals surface area contributed by atoms with E-state index < -0.39 is 0 Å². The molecule has 0 unspecified atom stereocenters. The molecule has 0 spiro atoms. The van der Waals surface area contributed by atoms with Gasteiger partial charge in [0.2, 0.25) is 0 Å². The number of nitrogens with one attached hydrogen (secondary N) is 2. The van der Waals surface area contributed by atoms with E-state index in [4.69, 9.17) is 21.7 Å².